The van der Waals surface area contributed by atoms with Crippen molar-refractivity contribution in [3.63, 3.8) is 0 Å². The maximum absolute atomic E-state index is 8.95. The van der Waals surface area contributed by atoms with Crippen molar-refractivity contribution in [3.8, 4) is 11.5 Å². The summed E-state index contributed by atoms with van der Waals surface area (Å²) in [5, 5.41) is 19.1. The number of aliphatic hydroxyl groups excluding tert-OH is 1. The number of hydrogen-bond acceptors (Lipinski definition) is 7. The summed E-state index contributed by atoms with van der Waals surface area (Å²) in [6, 6.07) is 15.6. The van der Waals surface area contributed by atoms with Crippen LogP contribution in [0.25, 0.3) is 21.1 Å². The quantitative estimate of drug-likeness (QED) is 0.245. The van der Waals surface area contributed by atoms with Crippen molar-refractivity contribution in [2.75, 3.05) is 25.0 Å². The molecule has 0 aliphatic rings. The molecule has 3 N–H and O–H groups in total. The van der Waals surface area contributed by atoms with Gasteiger partial charge in [0, 0.05) is 41.6 Å². The van der Waals surface area contributed by atoms with Crippen LogP contribution in [0.1, 0.15) is 0 Å². The molecule has 3 aromatic heterocycles. The normalized spacial score (nSPS) is 11.3. The molecule has 168 valence electrons. The number of benzene rings is 2. The molecule has 0 fully saturated rings. The van der Waals surface area contributed by atoms with Gasteiger partial charge in [-0.1, -0.05) is 17.7 Å². The van der Waals surface area contributed by atoms with Gasteiger partial charge in [0.2, 0.25) is 0 Å². The number of anilines is 2. The first-order valence-electron chi connectivity index (χ1n) is 10.5. The molecule has 9 heteroatoms. The number of nitrogens with zero attached hydrogens (tertiary/aromatic N) is 3. The van der Waals surface area contributed by atoms with E-state index in [2.05, 4.69) is 31.2 Å². The van der Waals surface area contributed by atoms with Crippen LogP contribution in [0.4, 0.5) is 11.5 Å². The minimum absolute atomic E-state index is 0.116. The first-order chi connectivity index (χ1) is 16.2. The van der Waals surface area contributed by atoms with Crippen molar-refractivity contribution in [3.05, 3.63) is 71.5 Å². The standard InChI is InChI=1S/C24H22ClN5O2S/c25-18-14-16(4-5-21(18)32-20-2-1-3-22-17(20)7-13-33-22)29-24-23-19(27-15-28-24)6-10-30(23)11-8-26-9-12-31/h1-7,10,13-15,26,31H,8-9,11-12H2,(H,27,28,29). The lowest BCUT2D eigenvalue weighted by Crippen LogP contribution is -2.22. The first-order valence-corrected chi connectivity index (χ1v) is 11.8. The van der Waals surface area contributed by atoms with Crippen LogP contribution in [-0.4, -0.2) is 39.3 Å². The van der Waals surface area contributed by atoms with Crippen LogP contribution in [0, 0.1) is 0 Å². The topological polar surface area (TPSA) is 84.2 Å². The molecule has 0 spiro atoms. The zero-order chi connectivity index (χ0) is 22.6. The minimum atomic E-state index is 0.116. The highest BCUT2D eigenvalue weighted by Gasteiger charge is 2.12. The van der Waals surface area contributed by atoms with E-state index in [-0.39, 0.29) is 6.61 Å². The van der Waals surface area contributed by atoms with Gasteiger partial charge in [-0.2, -0.15) is 0 Å². The lowest BCUT2D eigenvalue weighted by atomic mass is 10.2. The van der Waals surface area contributed by atoms with Gasteiger partial charge >= 0.3 is 0 Å². The predicted molar refractivity (Wildman–Crippen MR) is 134 cm³/mol. The third-order valence-electron chi connectivity index (χ3n) is 5.24. The number of hydrogen-bond donors (Lipinski definition) is 3. The number of halogens is 1. The number of aliphatic hydroxyl groups is 1. The van der Waals surface area contributed by atoms with Crippen LogP contribution >= 0.6 is 22.9 Å². The maximum Gasteiger partial charge on any atom is 0.158 e. The van der Waals surface area contributed by atoms with Gasteiger partial charge in [0.15, 0.2) is 5.82 Å². The summed E-state index contributed by atoms with van der Waals surface area (Å²) in [5.41, 5.74) is 2.56. The summed E-state index contributed by atoms with van der Waals surface area (Å²) in [5.74, 6) is 2.06. The molecule has 0 saturated heterocycles. The molecule has 7 nitrogen and oxygen atoms in total. The van der Waals surface area contributed by atoms with E-state index in [4.69, 9.17) is 21.4 Å². The average Bonchev–Trinajstić information content (AvgIpc) is 3.47. The number of nitrogens with one attached hydrogen (secondary N) is 2. The first kappa shape index (κ1) is 21.7. The predicted octanol–water partition coefficient (Wildman–Crippen LogP) is 5.42. The van der Waals surface area contributed by atoms with Crippen LogP contribution in [-0.2, 0) is 6.54 Å². The Morgan fingerprint density at radius 2 is 2.00 bits per heavy atom. The zero-order valence-electron chi connectivity index (χ0n) is 17.7. The van der Waals surface area contributed by atoms with Crippen molar-refractivity contribution in [2.24, 2.45) is 0 Å². The van der Waals surface area contributed by atoms with Crippen molar-refractivity contribution >= 4 is 55.6 Å². The summed E-state index contributed by atoms with van der Waals surface area (Å²) in [4.78, 5) is 8.82. The van der Waals surface area contributed by atoms with Gasteiger partial charge in [-0.3, -0.25) is 0 Å². The van der Waals surface area contributed by atoms with E-state index in [1.807, 2.05) is 54.0 Å². The average molecular weight is 480 g/mol. The molecule has 0 amide bonds. The summed E-state index contributed by atoms with van der Waals surface area (Å²) >= 11 is 8.25. The molecule has 0 saturated carbocycles. The zero-order valence-corrected chi connectivity index (χ0v) is 19.2. The van der Waals surface area contributed by atoms with Crippen LogP contribution in [0.3, 0.4) is 0 Å². The SMILES string of the molecule is OCCNCCn1ccc2ncnc(Nc3ccc(Oc4cccc5sccc45)c(Cl)c3)c21. The lowest BCUT2D eigenvalue weighted by molar-refractivity contribution is 0.291. The Morgan fingerprint density at radius 1 is 1.06 bits per heavy atom. The maximum atomic E-state index is 8.95. The molecular formula is C24H22ClN5O2S. The molecular weight excluding hydrogens is 458 g/mol. The van der Waals surface area contributed by atoms with E-state index in [1.165, 1.54) is 4.70 Å². The highest BCUT2D eigenvalue weighted by atomic mass is 35.5. The molecule has 0 bridgehead atoms. The number of fused-ring (bicyclic) bond motifs is 2. The van der Waals surface area contributed by atoms with Crippen molar-refractivity contribution in [1.82, 2.24) is 19.9 Å². The van der Waals surface area contributed by atoms with Gasteiger partial charge in [-0.15, -0.1) is 11.3 Å². The Labute approximate surface area is 199 Å². The molecule has 0 radical (unpaired) electrons. The molecule has 33 heavy (non-hydrogen) atoms. The Kier molecular flexibility index (Phi) is 6.41. The van der Waals surface area contributed by atoms with E-state index in [1.54, 1.807) is 17.7 Å². The summed E-state index contributed by atoms with van der Waals surface area (Å²) in [7, 11) is 0. The second kappa shape index (κ2) is 9.76. The molecule has 0 aliphatic carbocycles. The summed E-state index contributed by atoms with van der Waals surface area (Å²) < 4.78 is 9.38. The van der Waals surface area contributed by atoms with Crippen molar-refractivity contribution < 1.29 is 9.84 Å². The van der Waals surface area contributed by atoms with Crippen LogP contribution < -0.4 is 15.4 Å². The van der Waals surface area contributed by atoms with Gasteiger partial charge in [0.1, 0.15) is 23.3 Å². The fraction of sp³-hybridized carbons (Fsp3) is 0.167. The number of rotatable bonds is 9. The van der Waals surface area contributed by atoms with Gasteiger partial charge in [0.05, 0.1) is 17.1 Å². The molecule has 0 aliphatic heterocycles. The molecule has 5 rings (SSSR count). The molecule has 0 unspecified atom stereocenters. The monoisotopic (exact) mass is 479 g/mol. The van der Waals surface area contributed by atoms with Crippen molar-refractivity contribution in [1.29, 1.82) is 0 Å². The second-order valence-electron chi connectivity index (χ2n) is 7.40. The highest BCUT2D eigenvalue weighted by Crippen LogP contribution is 2.37. The van der Waals surface area contributed by atoms with E-state index in [0.29, 0.717) is 23.1 Å². The van der Waals surface area contributed by atoms with Crippen LogP contribution in [0.5, 0.6) is 11.5 Å². The highest BCUT2D eigenvalue weighted by molar-refractivity contribution is 7.17. The largest absolute Gasteiger partial charge is 0.455 e. The molecule has 3 heterocycles. The molecule has 5 aromatic rings. The minimum Gasteiger partial charge on any atom is -0.455 e. The van der Waals surface area contributed by atoms with Crippen LogP contribution in [0.15, 0.2) is 66.4 Å². The number of ether oxygens (including phenoxy) is 1. The van der Waals surface area contributed by atoms with E-state index < -0.39 is 0 Å². The Morgan fingerprint density at radius 3 is 2.88 bits per heavy atom. The molecule has 2 aromatic carbocycles. The van der Waals surface area contributed by atoms with E-state index in [0.717, 1.165) is 40.9 Å². The number of aromatic nitrogens is 3. The second-order valence-corrected chi connectivity index (χ2v) is 8.75. The summed E-state index contributed by atoms with van der Waals surface area (Å²) in [6.45, 7) is 2.14. The van der Waals surface area contributed by atoms with Gasteiger partial charge < -0.3 is 25.0 Å². The Bertz CT molecular complexity index is 1400. The smallest absolute Gasteiger partial charge is 0.158 e. The van der Waals surface area contributed by atoms with Gasteiger partial charge in [0.25, 0.3) is 0 Å². The van der Waals surface area contributed by atoms with Crippen LogP contribution in [0.2, 0.25) is 5.02 Å². The third kappa shape index (κ3) is 4.65. The lowest BCUT2D eigenvalue weighted by Gasteiger charge is -2.13. The fourth-order valence-electron chi connectivity index (χ4n) is 3.69. The van der Waals surface area contributed by atoms with E-state index >= 15 is 0 Å². The Hall–Kier alpha value is -3.17. The third-order valence-corrected chi connectivity index (χ3v) is 6.42. The Balaban J connectivity index is 1.37. The fourth-order valence-corrected chi connectivity index (χ4v) is 4.71. The summed E-state index contributed by atoms with van der Waals surface area (Å²) in [6.07, 6.45) is 3.53. The van der Waals surface area contributed by atoms with Crippen molar-refractivity contribution in [2.45, 2.75) is 6.54 Å². The van der Waals surface area contributed by atoms with E-state index in [9.17, 15) is 0 Å². The van der Waals surface area contributed by atoms with Gasteiger partial charge in [-0.05, 0) is 47.8 Å². The molecule has 0 atom stereocenters. The van der Waals surface area contributed by atoms with Gasteiger partial charge in [-0.25, -0.2) is 9.97 Å². The number of thiophene rings is 1.